The second kappa shape index (κ2) is 7.75. The van der Waals surface area contributed by atoms with E-state index in [1.54, 1.807) is 0 Å². The molecule has 1 fully saturated rings. The largest absolute Gasteiger partial charge is 0.324 e. The Kier molecular flexibility index (Phi) is 5.98. The minimum atomic E-state index is 0.0992. The normalized spacial score (nSPS) is 16.7. The molecule has 22 heavy (non-hydrogen) atoms. The summed E-state index contributed by atoms with van der Waals surface area (Å²) in [6.45, 7) is 9.82. The molecule has 1 heterocycles. The number of likely N-dealkylation sites (tertiary alicyclic amines) is 1. The molecule has 2 rings (SSSR count). The van der Waals surface area contributed by atoms with Gasteiger partial charge < -0.3 is 10.6 Å². The summed E-state index contributed by atoms with van der Waals surface area (Å²) < 4.78 is 0. The predicted octanol–water partition coefficient (Wildman–Crippen LogP) is 2.48. The molecule has 0 bridgehead atoms. The molecule has 1 amide bonds. The first-order chi connectivity index (χ1) is 10.5. The molecule has 0 spiro atoms. The summed E-state index contributed by atoms with van der Waals surface area (Å²) in [6.07, 6.45) is 2.35. The van der Waals surface area contributed by atoms with Crippen LogP contribution in [0.3, 0.4) is 0 Å². The fourth-order valence-electron chi connectivity index (χ4n) is 3.40. The lowest BCUT2D eigenvalue weighted by Crippen LogP contribution is -2.41. The van der Waals surface area contributed by atoms with Crippen molar-refractivity contribution in [1.82, 2.24) is 10.2 Å². The van der Waals surface area contributed by atoms with Crippen molar-refractivity contribution >= 4 is 11.6 Å². The summed E-state index contributed by atoms with van der Waals surface area (Å²) >= 11 is 0. The van der Waals surface area contributed by atoms with Crippen LogP contribution in [0.4, 0.5) is 5.69 Å². The number of hydrogen-bond acceptors (Lipinski definition) is 3. The van der Waals surface area contributed by atoms with Gasteiger partial charge in [0.1, 0.15) is 0 Å². The maximum absolute atomic E-state index is 12.3. The molecule has 0 aromatic heterocycles. The van der Waals surface area contributed by atoms with E-state index >= 15 is 0 Å². The molecule has 1 aromatic carbocycles. The average molecular weight is 303 g/mol. The summed E-state index contributed by atoms with van der Waals surface area (Å²) in [5.41, 5.74) is 4.48. The lowest BCUT2D eigenvalue weighted by atomic mass is 9.97. The van der Waals surface area contributed by atoms with E-state index in [0.29, 0.717) is 6.54 Å². The number of carbonyl (C=O) groups is 1. The van der Waals surface area contributed by atoms with Crippen molar-refractivity contribution < 1.29 is 4.79 Å². The van der Waals surface area contributed by atoms with E-state index in [4.69, 9.17) is 0 Å². The number of carbonyl (C=O) groups excluding carboxylic acids is 1. The van der Waals surface area contributed by atoms with Gasteiger partial charge in [0.15, 0.2) is 0 Å². The third-order valence-corrected chi connectivity index (χ3v) is 4.51. The molecule has 1 saturated heterocycles. The molecular formula is C18H29N3O. The zero-order valence-corrected chi connectivity index (χ0v) is 14.3. The lowest BCUT2D eigenvalue weighted by molar-refractivity contribution is -0.117. The van der Waals surface area contributed by atoms with Gasteiger partial charge in [-0.05, 0) is 77.3 Å². The Labute approximate surface area is 134 Å². The van der Waals surface area contributed by atoms with Gasteiger partial charge in [0.05, 0.1) is 6.54 Å². The van der Waals surface area contributed by atoms with Gasteiger partial charge in [-0.1, -0.05) is 17.7 Å². The number of hydrogen-bond donors (Lipinski definition) is 2. The summed E-state index contributed by atoms with van der Waals surface area (Å²) in [4.78, 5) is 14.6. The number of aryl methyl sites for hydroxylation is 3. The molecule has 0 aliphatic carbocycles. The second-order valence-electron chi connectivity index (χ2n) is 6.60. The van der Waals surface area contributed by atoms with Gasteiger partial charge in [0, 0.05) is 5.69 Å². The van der Waals surface area contributed by atoms with E-state index in [1.807, 2.05) is 7.05 Å². The van der Waals surface area contributed by atoms with Gasteiger partial charge in [-0.25, -0.2) is 0 Å². The van der Waals surface area contributed by atoms with Gasteiger partial charge in [-0.3, -0.25) is 9.69 Å². The van der Waals surface area contributed by atoms with Crippen LogP contribution < -0.4 is 10.6 Å². The van der Waals surface area contributed by atoms with Crippen LogP contribution in [0, 0.1) is 26.7 Å². The van der Waals surface area contributed by atoms with Crippen molar-refractivity contribution in [2.75, 3.05) is 38.5 Å². The van der Waals surface area contributed by atoms with E-state index in [2.05, 4.69) is 48.4 Å². The number of nitrogens with zero attached hydrogens (tertiary/aromatic N) is 1. The third-order valence-electron chi connectivity index (χ3n) is 4.51. The Hall–Kier alpha value is -1.39. The zero-order chi connectivity index (χ0) is 16.1. The third kappa shape index (κ3) is 4.55. The maximum Gasteiger partial charge on any atom is 0.238 e. The number of benzene rings is 1. The van der Waals surface area contributed by atoms with Crippen molar-refractivity contribution in [1.29, 1.82) is 0 Å². The Balaban J connectivity index is 1.87. The highest BCUT2D eigenvalue weighted by atomic mass is 16.2. The molecule has 2 N–H and O–H groups in total. The molecule has 1 aliphatic heterocycles. The molecule has 0 saturated carbocycles. The number of anilines is 1. The van der Waals surface area contributed by atoms with Crippen LogP contribution in [0.1, 0.15) is 29.5 Å². The quantitative estimate of drug-likeness (QED) is 0.878. The number of piperidine rings is 1. The Morgan fingerprint density at radius 2 is 1.77 bits per heavy atom. The number of rotatable bonds is 5. The van der Waals surface area contributed by atoms with Gasteiger partial charge in [-0.15, -0.1) is 0 Å². The average Bonchev–Trinajstić information content (AvgIpc) is 2.45. The highest BCUT2D eigenvalue weighted by Crippen LogP contribution is 2.22. The van der Waals surface area contributed by atoms with Crippen LogP contribution in [0.15, 0.2) is 12.1 Å². The Morgan fingerprint density at radius 3 is 2.32 bits per heavy atom. The van der Waals surface area contributed by atoms with Gasteiger partial charge in [-0.2, -0.15) is 0 Å². The second-order valence-corrected chi connectivity index (χ2v) is 6.60. The molecule has 4 heteroatoms. The predicted molar refractivity (Wildman–Crippen MR) is 92.4 cm³/mol. The zero-order valence-electron chi connectivity index (χ0n) is 14.3. The van der Waals surface area contributed by atoms with Crippen LogP contribution in [0.5, 0.6) is 0 Å². The van der Waals surface area contributed by atoms with E-state index < -0.39 is 0 Å². The van der Waals surface area contributed by atoms with Crippen molar-refractivity contribution in [3.8, 4) is 0 Å². The van der Waals surface area contributed by atoms with E-state index in [-0.39, 0.29) is 5.91 Å². The minimum absolute atomic E-state index is 0.0992. The van der Waals surface area contributed by atoms with Crippen molar-refractivity contribution in [3.63, 3.8) is 0 Å². The van der Waals surface area contributed by atoms with Crippen LogP contribution in [0.25, 0.3) is 0 Å². The fraction of sp³-hybridized carbons (Fsp3) is 0.611. The summed E-state index contributed by atoms with van der Waals surface area (Å²) in [7, 11) is 2.01. The molecule has 0 atom stereocenters. The fourth-order valence-corrected chi connectivity index (χ4v) is 3.40. The van der Waals surface area contributed by atoms with Gasteiger partial charge in [0.2, 0.25) is 5.91 Å². The van der Waals surface area contributed by atoms with Gasteiger partial charge in [0.25, 0.3) is 0 Å². The summed E-state index contributed by atoms with van der Waals surface area (Å²) in [5, 5.41) is 6.34. The molecule has 4 nitrogen and oxygen atoms in total. The number of amides is 1. The van der Waals surface area contributed by atoms with Crippen molar-refractivity contribution in [2.24, 2.45) is 5.92 Å². The topological polar surface area (TPSA) is 44.4 Å². The molecule has 0 radical (unpaired) electrons. The maximum atomic E-state index is 12.3. The smallest absolute Gasteiger partial charge is 0.238 e. The summed E-state index contributed by atoms with van der Waals surface area (Å²) in [6, 6.07) is 4.23. The van der Waals surface area contributed by atoms with Crippen molar-refractivity contribution in [2.45, 2.75) is 33.6 Å². The highest BCUT2D eigenvalue weighted by Gasteiger charge is 2.20. The van der Waals surface area contributed by atoms with Gasteiger partial charge >= 0.3 is 0 Å². The monoisotopic (exact) mass is 303 g/mol. The number of nitrogens with one attached hydrogen (secondary N) is 2. The van der Waals surface area contributed by atoms with Crippen LogP contribution >= 0.6 is 0 Å². The van der Waals surface area contributed by atoms with E-state index in [9.17, 15) is 4.79 Å². The SMILES string of the molecule is CNCC1CCN(CC(=O)Nc2c(C)cc(C)cc2C)CC1. The van der Waals surface area contributed by atoms with E-state index in [0.717, 1.165) is 42.4 Å². The Morgan fingerprint density at radius 1 is 1.18 bits per heavy atom. The standard InChI is InChI=1S/C18H29N3O/c1-13-9-14(2)18(15(3)10-13)20-17(22)12-21-7-5-16(6-8-21)11-19-4/h9-10,16,19H,5-8,11-12H2,1-4H3,(H,20,22). The Bertz CT molecular complexity index is 496. The molecule has 0 unspecified atom stereocenters. The first kappa shape index (κ1) is 17.0. The molecule has 122 valence electrons. The molecule has 1 aliphatic rings. The van der Waals surface area contributed by atoms with Crippen LogP contribution in [-0.2, 0) is 4.79 Å². The lowest BCUT2D eigenvalue weighted by Gasteiger charge is -2.31. The first-order valence-electron chi connectivity index (χ1n) is 8.24. The first-order valence-corrected chi connectivity index (χ1v) is 8.24. The van der Waals surface area contributed by atoms with Crippen LogP contribution in [0.2, 0.25) is 0 Å². The minimum Gasteiger partial charge on any atom is -0.324 e. The molecular weight excluding hydrogens is 274 g/mol. The molecule has 1 aromatic rings. The van der Waals surface area contributed by atoms with Crippen LogP contribution in [-0.4, -0.2) is 44.0 Å². The summed E-state index contributed by atoms with van der Waals surface area (Å²) in [5.74, 6) is 0.855. The van der Waals surface area contributed by atoms with E-state index in [1.165, 1.54) is 18.4 Å². The highest BCUT2D eigenvalue weighted by molar-refractivity contribution is 5.93. The van der Waals surface area contributed by atoms with Crippen molar-refractivity contribution in [3.05, 3.63) is 28.8 Å².